The van der Waals surface area contributed by atoms with Crippen molar-refractivity contribution in [3.8, 4) is 0 Å². The largest absolute Gasteiger partial charge is 0.420 e. The lowest BCUT2D eigenvalue weighted by atomic mass is 10.3. The monoisotopic (exact) mass is 295 g/mol. The molecule has 0 atom stereocenters. The van der Waals surface area contributed by atoms with E-state index in [-0.39, 0.29) is 0 Å². The Morgan fingerprint density at radius 3 is 2.06 bits per heavy atom. The number of rotatable bonds is 9. The average Bonchev–Trinajstić information content (AvgIpc) is 2.22. The minimum Gasteiger partial charge on any atom is -0.420 e. The van der Waals surface area contributed by atoms with E-state index >= 15 is 0 Å². The maximum Gasteiger partial charge on any atom is 0.186 e. The van der Waals surface area contributed by atoms with E-state index in [0.29, 0.717) is 12.1 Å². The van der Waals surface area contributed by atoms with E-state index in [1.54, 1.807) is 0 Å². The second kappa shape index (κ2) is 8.86. The third-order valence-electron chi connectivity index (χ3n) is 2.72. The molecule has 0 aromatic rings. The first-order chi connectivity index (χ1) is 7.80. The van der Waals surface area contributed by atoms with Gasteiger partial charge < -0.3 is 4.43 Å². The molecule has 0 saturated heterocycles. The van der Waals surface area contributed by atoms with Crippen LogP contribution in [-0.2, 0) is 4.43 Å². The van der Waals surface area contributed by atoms with Crippen LogP contribution in [0.5, 0.6) is 0 Å². The topological polar surface area (TPSA) is 12.5 Å². The van der Waals surface area contributed by atoms with Crippen LogP contribution >= 0.6 is 21.8 Å². The summed E-state index contributed by atoms with van der Waals surface area (Å²) in [5.41, 5.74) is 0. The van der Waals surface area contributed by atoms with Crippen LogP contribution in [0.1, 0.15) is 34.1 Å². The van der Waals surface area contributed by atoms with Crippen molar-refractivity contribution in [3.05, 3.63) is 0 Å². The molecular weight excluding hydrogens is 266 g/mol. The lowest BCUT2D eigenvalue weighted by Crippen LogP contribution is -2.30. The molecule has 17 heavy (non-hydrogen) atoms. The molecule has 0 heterocycles. The molecule has 0 N–H and O–H groups in total. The van der Waals surface area contributed by atoms with Gasteiger partial charge in [-0.1, -0.05) is 10.8 Å². The van der Waals surface area contributed by atoms with Crippen LogP contribution in [0.15, 0.2) is 0 Å². The van der Waals surface area contributed by atoms with Gasteiger partial charge in [0.2, 0.25) is 0 Å². The zero-order chi connectivity index (χ0) is 13.5. The summed E-state index contributed by atoms with van der Waals surface area (Å²) >= 11 is 0. The summed E-state index contributed by atoms with van der Waals surface area (Å²) in [7, 11) is 4.42. The van der Waals surface area contributed by atoms with E-state index in [0.717, 1.165) is 0 Å². The van der Waals surface area contributed by atoms with Gasteiger partial charge in [-0.2, -0.15) is 0 Å². The van der Waals surface area contributed by atoms with Gasteiger partial charge in [0, 0.05) is 24.9 Å². The van der Waals surface area contributed by atoms with Gasteiger partial charge in [-0.25, -0.2) is 4.31 Å². The fourth-order valence-electron chi connectivity index (χ4n) is 1.53. The van der Waals surface area contributed by atoms with E-state index in [1.165, 1.54) is 18.2 Å². The molecule has 0 aliphatic rings. The third kappa shape index (κ3) is 8.54. The molecule has 0 radical (unpaired) electrons. The van der Waals surface area contributed by atoms with Crippen LogP contribution in [0.2, 0.25) is 19.1 Å². The number of hydrogen-bond donors (Lipinski definition) is 0. The molecule has 0 aliphatic carbocycles. The number of nitrogens with zero attached hydrogens (tertiary/aromatic N) is 1. The van der Waals surface area contributed by atoms with E-state index in [9.17, 15) is 0 Å². The minimum atomic E-state index is -1.33. The Balaban J connectivity index is 3.70. The molecule has 0 aliphatic heterocycles. The third-order valence-corrected chi connectivity index (χ3v) is 8.29. The fourth-order valence-corrected chi connectivity index (χ4v) is 5.79. The van der Waals surface area contributed by atoms with Gasteiger partial charge in [-0.05, 0) is 64.2 Å². The molecule has 2 nitrogen and oxygen atoms in total. The highest BCUT2D eigenvalue weighted by Gasteiger charge is 2.20. The first-order valence-corrected chi connectivity index (χ1v) is 11.8. The fraction of sp³-hybridized carbons (Fsp3) is 1.00. The zero-order valence-electron chi connectivity index (χ0n) is 12.4. The molecule has 0 saturated carbocycles. The van der Waals surface area contributed by atoms with Crippen molar-refractivity contribution >= 4 is 30.1 Å². The maximum atomic E-state index is 5.55. The smallest absolute Gasteiger partial charge is 0.186 e. The predicted molar refractivity (Wildman–Crippen MR) is 86.1 cm³/mol. The zero-order valence-corrected chi connectivity index (χ0v) is 15.1. The Hall–Kier alpha value is 0.837. The quantitative estimate of drug-likeness (QED) is 0.266. The molecule has 0 aromatic carbocycles. The maximum absolute atomic E-state index is 5.55. The van der Waals surface area contributed by atoms with Gasteiger partial charge >= 0.3 is 0 Å². The van der Waals surface area contributed by atoms with Gasteiger partial charge in [0.05, 0.1) is 0 Å². The molecule has 0 bridgehead atoms. The predicted octanol–water partition coefficient (Wildman–Crippen LogP) is 4.64. The highest BCUT2D eigenvalue weighted by atomic mass is 33.1. The van der Waals surface area contributed by atoms with Crippen molar-refractivity contribution in [2.75, 3.05) is 12.9 Å². The molecule has 0 fully saturated rings. The van der Waals surface area contributed by atoms with Crippen molar-refractivity contribution < 1.29 is 4.43 Å². The van der Waals surface area contributed by atoms with Gasteiger partial charge in [0.25, 0.3) is 0 Å². The van der Waals surface area contributed by atoms with Crippen LogP contribution in [0, 0.1) is 0 Å². The molecule has 0 aromatic heterocycles. The summed E-state index contributed by atoms with van der Waals surface area (Å²) in [4.78, 5) is 0. The minimum absolute atomic E-state index is 0.609. The van der Waals surface area contributed by atoms with Gasteiger partial charge in [-0.15, -0.1) is 0 Å². The number of hydrogen-bond acceptors (Lipinski definition) is 4. The first-order valence-electron chi connectivity index (χ1n) is 6.43. The second-order valence-corrected chi connectivity index (χ2v) is 12.3. The van der Waals surface area contributed by atoms with E-state index < -0.39 is 8.32 Å². The van der Waals surface area contributed by atoms with Crippen LogP contribution in [-0.4, -0.2) is 37.6 Å². The summed E-state index contributed by atoms with van der Waals surface area (Å²) in [6, 6.07) is 2.48. The van der Waals surface area contributed by atoms with Crippen LogP contribution in [0.25, 0.3) is 0 Å². The normalized spacial score (nSPS) is 13.1. The molecular formula is C12H29NOS2Si. The highest BCUT2D eigenvalue weighted by Crippen LogP contribution is 2.31. The van der Waals surface area contributed by atoms with E-state index in [1.807, 2.05) is 28.9 Å². The molecule has 0 spiro atoms. The Morgan fingerprint density at radius 1 is 1.12 bits per heavy atom. The van der Waals surface area contributed by atoms with Gasteiger partial charge in [-0.3, -0.25) is 0 Å². The molecule has 0 rings (SSSR count). The SMILES string of the molecule is CO[Si](C)(C)CCCSSN(C(C)C)C(C)C. The average molecular weight is 296 g/mol. The van der Waals surface area contributed by atoms with Crippen molar-refractivity contribution in [3.63, 3.8) is 0 Å². The lowest BCUT2D eigenvalue weighted by Gasteiger charge is -2.28. The van der Waals surface area contributed by atoms with Gasteiger partial charge in [0.15, 0.2) is 8.32 Å². The van der Waals surface area contributed by atoms with E-state index in [2.05, 4.69) is 45.1 Å². The summed E-state index contributed by atoms with van der Waals surface area (Å²) in [6.45, 7) is 13.6. The van der Waals surface area contributed by atoms with Crippen LogP contribution in [0.3, 0.4) is 0 Å². The summed E-state index contributed by atoms with van der Waals surface area (Å²) < 4.78 is 8.02. The molecule has 0 amide bonds. The van der Waals surface area contributed by atoms with Crippen LogP contribution < -0.4 is 0 Å². The Labute approximate surface area is 117 Å². The Morgan fingerprint density at radius 2 is 1.65 bits per heavy atom. The van der Waals surface area contributed by atoms with Crippen molar-refractivity contribution in [1.29, 1.82) is 0 Å². The molecule has 104 valence electrons. The first kappa shape index (κ1) is 17.8. The van der Waals surface area contributed by atoms with Crippen molar-refractivity contribution in [2.24, 2.45) is 0 Å². The highest BCUT2D eigenvalue weighted by molar-refractivity contribution is 8.75. The Bertz CT molecular complexity index is 193. The molecule has 5 heteroatoms. The van der Waals surface area contributed by atoms with Crippen molar-refractivity contribution in [1.82, 2.24) is 4.31 Å². The Kier molecular flexibility index (Phi) is 9.29. The summed E-state index contributed by atoms with van der Waals surface area (Å²) in [5.74, 6) is 1.22. The standard InChI is InChI=1S/C12H29NOS2Si/c1-11(2)13(12(3)4)16-15-9-8-10-17(6,7)14-5/h11-12H,8-10H2,1-7H3. The summed E-state index contributed by atoms with van der Waals surface area (Å²) in [6.07, 6.45) is 1.27. The second-order valence-electron chi connectivity index (χ2n) is 5.51. The van der Waals surface area contributed by atoms with Gasteiger partial charge in [0.1, 0.15) is 0 Å². The molecule has 0 unspecified atom stereocenters. The van der Waals surface area contributed by atoms with E-state index in [4.69, 9.17) is 4.43 Å². The lowest BCUT2D eigenvalue weighted by molar-refractivity contribution is 0.339. The summed E-state index contributed by atoms with van der Waals surface area (Å²) in [5, 5.41) is 0. The van der Waals surface area contributed by atoms with Crippen LogP contribution in [0.4, 0.5) is 0 Å². The van der Waals surface area contributed by atoms with Crippen molar-refractivity contribution in [2.45, 2.75) is 65.3 Å².